The Hall–Kier alpha value is -3.09. The fourth-order valence-electron chi connectivity index (χ4n) is 2.29. The van der Waals surface area contributed by atoms with Crippen molar-refractivity contribution in [1.29, 1.82) is 0 Å². The third-order valence-corrected chi connectivity index (χ3v) is 3.55. The van der Waals surface area contributed by atoms with Gasteiger partial charge in [0.2, 0.25) is 0 Å². The quantitative estimate of drug-likeness (QED) is 0.807. The number of aryl methyl sites for hydroxylation is 1. The molecule has 0 spiro atoms. The zero-order chi connectivity index (χ0) is 16.4. The number of benzene rings is 1. The summed E-state index contributed by atoms with van der Waals surface area (Å²) in [4.78, 5) is 15.9. The minimum atomic E-state index is -0.660. The standard InChI is InChI=1S/C16H14FN5O/c1-10-11(15-21-19-9-22(15)2)4-3-5-14(10)20-16(23)12-6-7-18-8-13(12)17/h3-9H,1-2H3,(H,20,23). The summed E-state index contributed by atoms with van der Waals surface area (Å²) < 4.78 is 15.4. The maximum absolute atomic E-state index is 13.7. The predicted octanol–water partition coefficient (Wildman–Crippen LogP) is 2.58. The summed E-state index contributed by atoms with van der Waals surface area (Å²) in [6, 6.07) is 6.79. The molecule has 1 amide bonds. The number of rotatable bonds is 3. The lowest BCUT2D eigenvalue weighted by Gasteiger charge is -2.12. The van der Waals surface area contributed by atoms with Crippen LogP contribution >= 0.6 is 0 Å². The summed E-state index contributed by atoms with van der Waals surface area (Å²) in [7, 11) is 1.84. The Morgan fingerprint density at radius 2 is 2.13 bits per heavy atom. The molecule has 0 saturated heterocycles. The number of nitrogens with zero attached hydrogens (tertiary/aromatic N) is 4. The average molecular weight is 311 g/mol. The topological polar surface area (TPSA) is 72.7 Å². The maximum atomic E-state index is 13.7. The lowest BCUT2D eigenvalue weighted by Crippen LogP contribution is -2.15. The molecule has 116 valence electrons. The predicted molar refractivity (Wildman–Crippen MR) is 83.3 cm³/mol. The van der Waals surface area contributed by atoms with Gasteiger partial charge in [-0.1, -0.05) is 12.1 Å². The van der Waals surface area contributed by atoms with Gasteiger partial charge in [0.1, 0.15) is 6.33 Å². The van der Waals surface area contributed by atoms with Crippen molar-refractivity contribution >= 4 is 11.6 Å². The van der Waals surface area contributed by atoms with Crippen LogP contribution in [0.3, 0.4) is 0 Å². The highest BCUT2D eigenvalue weighted by atomic mass is 19.1. The molecule has 0 saturated carbocycles. The summed E-state index contributed by atoms with van der Waals surface area (Å²) in [5, 5.41) is 10.7. The second kappa shape index (κ2) is 5.96. The molecular formula is C16H14FN5O. The monoisotopic (exact) mass is 311 g/mol. The molecule has 0 unspecified atom stereocenters. The molecule has 2 aromatic heterocycles. The third kappa shape index (κ3) is 2.80. The summed E-state index contributed by atoms with van der Waals surface area (Å²) in [5.74, 6) is -0.496. The number of carbonyl (C=O) groups excluding carboxylic acids is 1. The van der Waals surface area contributed by atoms with Gasteiger partial charge in [-0.15, -0.1) is 10.2 Å². The normalized spacial score (nSPS) is 10.6. The lowest BCUT2D eigenvalue weighted by atomic mass is 10.1. The van der Waals surface area contributed by atoms with Gasteiger partial charge in [0.15, 0.2) is 11.6 Å². The van der Waals surface area contributed by atoms with E-state index in [2.05, 4.69) is 20.5 Å². The van der Waals surface area contributed by atoms with E-state index in [0.29, 0.717) is 11.5 Å². The van der Waals surface area contributed by atoms with Crippen LogP contribution in [0.25, 0.3) is 11.4 Å². The number of nitrogens with one attached hydrogen (secondary N) is 1. The minimum Gasteiger partial charge on any atom is -0.322 e. The molecule has 0 radical (unpaired) electrons. The smallest absolute Gasteiger partial charge is 0.258 e. The molecule has 3 aromatic rings. The zero-order valence-corrected chi connectivity index (χ0v) is 12.6. The van der Waals surface area contributed by atoms with E-state index < -0.39 is 11.7 Å². The SMILES string of the molecule is Cc1c(NC(=O)c2ccncc2F)cccc1-c1nncn1C. The number of halogens is 1. The first-order valence-corrected chi connectivity index (χ1v) is 6.93. The van der Waals surface area contributed by atoms with Gasteiger partial charge in [-0.3, -0.25) is 9.78 Å². The molecule has 7 heteroatoms. The van der Waals surface area contributed by atoms with Gasteiger partial charge < -0.3 is 9.88 Å². The molecule has 0 aliphatic rings. The molecule has 6 nitrogen and oxygen atoms in total. The molecule has 23 heavy (non-hydrogen) atoms. The zero-order valence-electron chi connectivity index (χ0n) is 12.6. The number of aromatic nitrogens is 4. The van der Waals surface area contributed by atoms with Crippen LogP contribution in [0.5, 0.6) is 0 Å². The Balaban J connectivity index is 1.94. The average Bonchev–Trinajstić information content (AvgIpc) is 2.96. The van der Waals surface area contributed by atoms with Gasteiger partial charge in [-0.2, -0.15) is 0 Å². The van der Waals surface area contributed by atoms with Crippen molar-refractivity contribution in [3.8, 4) is 11.4 Å². The first kappa shape index (κ1) is 14.8. The van der Waals surface area contributed by atoms with Crippen LogP contribution in [0, 0.1) is 12.7 Å². The second-order valence-corrected chi connectivity index (χ2v) is 5.05. The van der Waals surface area contributed by atoms with Gasteiger partial charge in [-0.25, -0.2) is 4.39 Å². The highest BCUT2D eigenvalue weighted by Gasteiger charge is 2.15. The molecule has 2 heterocycles. The van der Waals surface area contributed by atoms with Crippen molar-refractivity contribution in [3.05, 3.63) is 59.9 Å². The fourth-order valence-corrected chi connectivity index (χ4v) is 2.29. The number of anilines is 1. The Morgan fingerprint density at radius 1 is 1.30 bits per heavy atom. The van der Waals surface area contributed by atoms with Crippen molar-refractivity contribution in [2.45, 2.75) is 6.92 Å². The van der Waals surface area contributed by atoms with Crippen LogP contribution in [0.1, 0.15) is 15.9 Å². The highest BCUT2D eigenvalue weighted by Crippen LogP contribution is 2.27. The second-order valence-electron chi connectivity index (χ2n) is 5.05. The molecule has 0 atom stereocenters. The number of hydrogen-bond acceptors (Lipinski definition) is 4. The molecule has 0 fully saturated rings. The molecular weight excluding hydrogens is 297 g/mol. The van der Waals surface area contributed by atoms with Crippen molar-refractivity contribution in [1.82, 2.24) is 19.7 Å². The van der Waals surface area contributed by atoms with E-state index in [9.17, 15) is 9.18 Å². The van der Waals surface area contributed by atoms with Crippen LogP contribution in [0.15, 0.2) is 43.0 Å². The van der Waals surface area contributed by atoms with Crippen molar-refractivity contribution < 1.29 is 9.18 Å². The van der Waals surface area contributed by atoms with Gasteiger partial charge >= 0.3 is 0 Å². The minimum absolute atomic E-state index is 0.0524. The first-order valence-electron chi connectivity index (χ1n) is 6.93. The Kier molecular flexibility index (Phi) is 3.84. The van der Waals surface area contributed by atoms with E-state index in [4.69, 9.17) is 0 Å². The van der Waals surface area contributed by atoms with E-state index in [1.54, 1.807) is 23.0 Å². The number of pyridine rings is 1. The Bertz CT molecular complexity index is 874. The molecule has 0 aliphatic carbocycles. The molecule has 0 aliphatic heterocycles. The number of carbonyl (C=O) groups is 1. The van der Waals surface area contributed by atoms with Gasteiger partial charge in [0.25, 0.3) is 5.91 Å². The van der Waals surface area contributed by atoms with E-state index in [1.165, 1.54) is 12.3 Å². The van der Waals surface area contributed by atoms with Crippen molar-refractivity contribution in [2.75, 3.05) is 5.32 Å². The molecule has 1 N–H and O–H groups in total. The number of amides is 1. The van der Waals surface area contributed by atoms with Gasteiger partial charge in [0, 0.05) is 24.5 Å². The van der Waals surface area contributed by atoms with E-state index in [1.807, 2.05) is 20.0 Å². The number of hydrogen-bond donors (Lipinski definition) is 1. The van der Waals surface area contributed by atoms with Crippen LogP contribution in [-0.4, -0.2) is 25.7 Å². The maximum Gasteiger partial charge on any atom is 0.258 e. The third-order valence-electron chi connectivity index (χ3n) is 3.55. The van der Waals surface area contributed by atoms with Crippen LogP contribution in [0.2, 0.25) is 0 Å². The fraction of sp³-hybridized carbons (Fsp3) is 0.125. The van der Waals surface area contributed by atoms with Crippen LogP contribution in [-0.2, 0) is 7.05 Å². The van der Waals surface area contributed by atoms with E-state index in [0.717, 1.165) is 17.3 Å². The van der Waals surface area contributed by atoms with Gasteiger partial charge in [-0.05, 0) is 24.6 Å². The van der Waals surface area contributed by atoms with Crippen LogP contribution < -0.4 is 5.32 Å². The summed E-state index contributed by atoms with van der Waals surface area (Å²) >= 11 is 0. The molecule has 3 rings (SSSR count). The first-order chi connectivity index (χ1) is 11.1. The van der Waals surface area contributed by atoms with Gasteiger partial charge in [0.05, 0.1) is 11.8 Å². The summed E-state index contributed by atoms with van der Waals surface area (Å²) in [5.41, 5.74) is 2.21. The summed E-state index contributed by atoms with van der Waals surface area (Å²) in [6.07, 6.45) is 3.99. The molecule has 0 bridgehead atoms. The van der Waals surface area contributed by atoms with Crippen molar-refractivity contribution in [3.63, 3.8) is 0 Å². The largest absolute Gasteiger partial charge is 0.322 e. The summed E-state index contributed by atoms with van der Waals surface area (Å²) in [6.45, 7) is 1.86. The lowest BCUT2D eigenvalue weighted by molar-refractivity contribution is 0.102. The van der Waals surface area contributed by atoms with Crippen molar-refractivity contribution in [2.24, 2.45) is 7.05 Å². The Labute approximate surface area is 132 Å². The molecule has 1 aromatic carbocycles. The Morgan fingerprint density at radius 3 is 2.83 bits per heavy atom. The van der Waals surface area contributed by atoms with E-state index >= 15 is 0 Å². The highest BCUT2D eigenvalue weighted by molar-refractivity contribution is 6.05. The van der Waals surface area contributed by atoms with Crippen LogP contribution in [0.4, 0.5) is 10.1 Å². The van der Waals surface area contributed by atoms with E-state index in [-0.39, 0.29) is 5.56 Å².